The van der Waals surface area contributed by atoms with Crippen molar-refractivity contribution in [2.24, 2.45) is 0 Å². The van der Waals surface area contributed by atoms with Crippen LogP contribution in [0.25, 0.3) is 6.08 Å². The lowest BCUT2D eigenvalue weighted by Gasteiger charge is -2.41. The molecule has 5 atom stereocenters. The van der Waals surface area contributed by atoms with Crippen LogP contribution >= 0.6 is 0 Å². The number of carbonyl (C=O) groups excluding carboxylic acids is 1. The first kappa shape index (κ1) is 22.7. The third-order valence-corrected chi connectivity index (χ3v) is 4.77. The van der Waals surface area contributed by atoms with E-state index in [1.165, 1.54) is 18.2 Å². The van der Waals surface area contributed by atoms with Gasteiger partial charge >= 0.3 is 5.97 Å². The summed E-state index contributed by atoms with van der Waals surface area (Å²) in [6.45, 7) is -0.918. The zero-order valence-corrected chi connectivity index (χ0v) is 16.4. The Balaban J connectivity index is 1.77. The molecule has 0 bridgehead atoms. The average Bonchev–Trinajstić information content (AvgIpc) is 2.78. The molecule has 0 spiro atoms. The Bertz CT molecular complexity index is 896. The molecule has 2 aromatic carbocycles. The Morgan fingerprint density at radius 3 is 2.42 bits per heavy atom. The number of benzene rings is 2. The molecular weight excluding hydrogens is 408 g/mol. The Kier molecular flexibility index (Phi) is 7.61. The topological polar surface area (TPSA) is 146 Å². The maximum absolute atomic E-state index is 12.3. The second-order valence-corrected chi connectivity index (χ2v) is 6.92. The van der Waals surface area contributed by atoms with Gasteiger partial charge in [-0.15, -0.1) is 0 Å². The van der Waals surface area contributed by atoms with Crippen molar-refractivity contribution in [3.63, 3.8) is 0 Å². The Morgan fingerprint density at radius 2 is 1.74 bits per heavy atom. The minimum absolute atomic E-state index is 0.0813. The number of para-hydroxylation sites is 1. The molecule has 9 heteroatoms. The van der Waals surface area contributed by atoms with Gasteiger partial charge in [-0.05, 0) is 29.8 Å². The van der Waals surface area contributed by atoms with E-state index in [4.69, 9.17) is 14.2 Å². The highest BCUT2D eigenvalue weighted by Gasteiger charge is 2.47. The molecule has 1 fully saturated rings. The van der Waals surface area contributed by atoms with E-state index in [-0.39, 0.29) is 18.1 Å². The van der Waals surface area contributed by atoms with Crippen molar-refractivity contribution in [1.29, 1.82) is 0 Å². The minimum atomic E-state index is -1.59. The number of rotatable bonds is 7. The third kappa shape index (κ3) is 5.60. The number of esters is 1. The summed E-state index contributed by atoms with van der Waals surface area (Å²) in [4.78, 5) is 12.3. The lowest BCUT2D eigenvalue weighted by atomic mass is 9.99. The van der Waals surface area contributed by atoms with E-state index in [2.05, 4.69) is 0 Å². The molecule has 0 radical (unpaired) electrons. The molecule has 166 valence electrons. The van der Waals surface area contributed by atoms with E-state index >= 15 is 0 Å². The summed E-state index contributed by atoms with van der Waals surface area (Å²) in [5.41, 5.74) is 1.06. The van der Waals surface area contributed by atoms with E-state index in [0.29, 0.717) is 11.1 Å². The van der Waals surface area contributed by atoms with Crippen molar-refractivity contribution < 1.29 is 44.5 Å². The lowest BCUT2D eigenvalue weighted by Crippen LogP contribution is -2.61. The quantitative estimate of drug-likeness (QED) is 0.308. The molecule has 1 heterocycles. The molecule has 0 aliphatic carbocycles. The van der Waals surface area contributed by atoms with Crippen LogP contribution in [0.2, 0.25) is 0 Å². The molecule has 9 nitrogen and oxygen atoms in total. The van der Waals surface area contributed by atoms with Gasteiger partial charge < -0.3 is 39.7 Å². The predicted octanol–water partition coefficient (Wildman–Crippen LogP) is 0.327. The zero-order chi connectivity index (χ0) is 22.4. The average molecular weight is 432 g/mol. The summed E-state index contributed by atoms with van der Waals surface area (Å²) in [5.74, 6) is -0.520. The number of phenols is 1. The number of aromatic hydroxyl groups is 1. The van der Waals surface area contributed by atoms with E-state index in [1.54, 1.807) is 36.4 Å². The number of aliphatic hydroxyl groups excluding tert-OH is 4. The minimum Gasteiger partial charge on any atom is -0.508 e. The van der Waals surface area contributed by atoms with Gasteiger partial charge in [0.1, 0.15) is 29.8 Å². The number of carbonyl (C=O) groups is 1. The van der Waals surface area contributed by atoms with Crippen molar-refractivity contribution in [3.8, 4) is 11.5 Å². The summed E-state index contributed by atoms with van der Waals surface area (Å²) in [6, 6.07) is 12.6. The van der Waals surface area contributed by atoms with Gasteiger partial charge in [-0.1, -0.05) is 30.3 Å². The van der Waals surface area contributed by atoms with Crippen LogP contribution in [0.3, 0.4) is 0 Å². The van der Waals surface area contributed by atoms with E-state index in [1.807, 2.05) is 0 Å². The van der Waals surface area contributed by atoms with Gasteiger partial charge in [-0.2, -0.15) is 0 Å². The number of hydrogen-bond donors (Lipinski definition) is 5. The number of aliphatic hydroxyl groups is 4. The lowest BCUT2D eigenvalue weighted by molar-refractivity contribution is -0.281. The van der Waals surface area contributed by atoms with Crippen LogP contribution in [-0.2, 0) is 20.9 Å². The molecule has 0 saturated carbocycles. The molecule has 31 heavy (non-hydrogen) atoms. The molecular formula is C22H24O9. The van der Waals surface area contributed by atoms with Crippen molar-refractivity contribution in [2.45, 2.75) is 37.3 Å². The van der Waals surface area contributed by atoms with Crippen LogP contribution in [-0.4, -0.2) is 68.8 Å². The second kappa shape index (κ2) is 10.4. The van der Waals surface area contributed by atoms with Crippen LogP contribution in [0.5, 0.6) is 11.5 Å². The summed E-state index contributed by atoms with van der Waals surface area (Å²) >= 11 is 0. The predicted molar refractivity (Wildman–Crippen MR) is 108 cm³/mol. The molecule has 1 aliphatic heterocycles. The van der Waals surface area contributed by atoms with Gasteiger partial charge in [0.25, 0.3) is 0 Å². The Morgan fingerprint density at radius 1 is 1.03 bits per heavy atom. The maximum Gasteiger partial charge on any atom is 0.331 e. The smallest absolute Gasteiger partial charge is 0.331 e. The number of hydrogen-bond acceptors (Lipinski definition) is 9. The SMILES string of the molecule is O=C(C=Cc1ccc(O)cc1)O[C@H]1[C@H](Oc2ccccc2CO)O[C@H](CO)[C@@H](O)[C@@H]1O. The molecule has 0 unspecified atom stereocenters. The van der Waals surface area contributed by atoms with Crippen LogP contribution < -0.4 is 4.74 Å². The van der Waals surface area contributed by atoms with E-state index in [0.717, 1.165) is 6.08 Å². The van der Waals surface area contributed by atoms with Gasteiger partial charge in [0.15, 0.2) is 6.10 Å². The monoisotopic (exact) mass is 432 g/mol. The molecule has 2 aromatic rings. The fourth-order valence-electron chi connectivity index (χ4n) is 3.07. The van der Waals surface area contributed by atoms with Gasteiger partial charge in [0, 0.05) is 11.6 Å². The Hall–Kier alpha value is -2.95. The van der Waals surface area contributed by atoms with Crippen molar-refractivity contribution >= 4 is 12.0 Å². The second-order valence-electron chi connectivity index (χ2n) is 6.92. The molecule has 3 rings (SSSR count). The van der Waals surface area contributed by atoms with Crippen molar-refractivity contribution in [1.82, 2.24) is 0 Å². The zero-order valence-electron chi connectivity index (χ0n) is 16.4. The van der Waals surface area contributed by atoms with Crippen LogP contribution in [0, 0.1) is 0 Å². The highest BCUT2D eigenvalue weighted by atomic mass is 16.7. The maximum atomic E-state index is 12.3. The van der Waals surface area contributed by atoms with Gasteiger partial charge in [-0.3, -0.25) is 0 Å². The summed E-state index contributed by atoms with van der Waals surface area (Å²) < 4.78 is 16.5. The molecule has 1 aliphatic rings. The molecule has 5 N–H and O–H groups in total. The van der Waals surface area contributed by atoms with Crippen LogP contribution in [0.1, 0.15) is 11.1 Å². The molecule has 0 aromatic heterocycles. The standard InChI is InChI=1S/C22H24O9/c23-11-14-3-1-2-4-16(14)29-22-21(20(28)19(27)17(12-24)30-22)31-18(26)10-7-13-5-8-15(25)9-6-13/h1-10,17,19-25,27-28H,11-12H2/t17-,19-,20+,21-,22-/m1/s1. The molecule has 1 saturated heterocycles. The normalized spacial score (nSPS) is 26.0. The largest absolute Gasteiger partial charge is 0.508 e. The van der Waals surface area contributed by atoms with Gasteiger partial charge in [-0.25, -0.2) is 4.79 Å². The fraction of sp³-hybridized carbons (Fsp3) is 0.318. The third-order valence-electron chi connectivity index (χ3n) is 4.77. The first-order valence-corrected chi connectivity index (χ1v) is 9.58. The molecule has 0 amide bonds. The highest BCUT2D eigenvalue weighted by molar-refractivity contribution is 5.87. The first-order valence-electron chi connectivity index (χ1n) is 9.58. The Labute approximate surface area is 178 Å². The van der Waals surface area contributed by atoms with Gasteiger partial charge in [0.05, 0.1) is 13.2 Å². The van der Waals surface area contributed by atoms with Crippen molar-refractivity contribution in [3.05, 3.63) is 65.7 Å². The van der Waals surface area contributed by atoms with Crippen molar-refractivity contribution in [2.75, 3.05) is 6.61 Å². The summed E-state index contributed by atoms with van der Waals surface area (Å²) in [5, 5.41) is 48.9. The van der Waals surface area contributed by atoms with Crippen LogP contribution in [0.4, 0.5) is 0 Å². The number of ether oxygens (including phenoxy) is 3. The highest BCUT2D eigenvalue weighted by Crippen LogP contribution is 2.28. The fourth-order valence-corrected chi connectivity index (χ4v) is 3.07. The summed E-state index contributed by atoms with van der Waals surface area (Å²) in [6.07, 6.45) is -4.48. The number of phenolic OH excluding ortho intramolecular Hbond substituents is 1. The summed E-state index contributed by atoms with van der Waals surface area (Å²) in [7, 11) is 0. The van der Waals surface area contributed by atoms with E-state index in [9.17, 15) is 30.3 Å². The van der Waals surface area contributed by atoms with Crippen LogP contribution in [0.15, 0.2) is 54.6 Å². The van der Waals surface area contributed by atoms with Gasteiger partial charge in [0.2, 0.25) is 6.29 Å². The first-order chi connectivity index (χ1) is 14.9. The van der Waals surface area contributed by atoms with E-state index < -0.39 is 43.3 Å².